The van der Waals surface area contributed by atoms with Crippen molar-refractivity contribution in [1.29, 1.82) is 0 Å². The van der Waals surface area contributed by atoms with Crippen molar-refractivity contribution in [2.45, 2.75) is 118 Å². The number of carbonyl (C=O) groups excluding carboxylic acids is 2. The van der Waals surface area contributed by atoms with Crippen LogP contribution in [0.2, 0.25) is 0 Å². The molecule has 214 valence electrons. The van der Waals surface area contributed by atoms with Crippen LogP contribution in [-0.2, 0) is 4.79 Å². The van der Waals surface area contributed by atoms with Crippen LogP contribution in [-0.4, -0.2) is 33.4 Å². The highest BCUT2D eigenvalue weighted by Crippen LogP contribution is 2.75. The molecule has 6 rings (SSSR count). The summed E-state index contributed by atoms with van der Waals surface area (Å²) in [4.78, 5) is 31.4. The van der Waals surface area contributed by atoms with E-state index >= 15 is 0 Å². The number of rotatable bonds is 3. The largest absolute Gasteiger partial charge is 0.393 e. The average molecular weight is 553 g/mol. The van der Waals surface area contributed by atoms with Crippen molar-refractivity contribution in [3.63, 3.8) is 0 Å². The van der Waals surface area contributed by atoms with E-state index in [0.717, 1.165) is 50.5 Å². The standard InChI is InChI=1S/C33H48N2O3S/c1-19(2)26-22(36)16-33(35-28(38)21-17-39-18-34-21)15-14-31(6)20(27(26)33)8-9-24-30(5)12-11-25(37)29(3,4)23(30)10-13-32(24,31)7/h17-20,23-25,37H,8-16H2,1-7H3,(H,35,38)/t20?,23?,24?,25-,30-,31+,32+,33+/m0/s1. The number of Topliss-reactive ketones (excluding diaryl/α,β-unsaturated/α-hetero) is 1. The lowest BCUT2D eigenvalue weighted by Gasteiger charge is -2.72. The van der Waals surface area contributed by atoms with Crippen LogP contribution >= 0.6 is 11.3 Å². The van der Waals surface area contributed by atoms with E-state index in [1.807, 2.05) is 0 Å². The fourth-order valence-electron chi connectivity index (χ4n) is 11.3. The Morgan fingerprint density at radius 3 is 2.41 bits per heavy atom. The van der Waals surface area contributed by atoms with Gasteiger partial charge >= 0.3 is 0 Å². The summed E-state index contributed by atoms with van der Waals surface area (Å²) in [6.45, 7) is 16.6. The van der Waals surface area contributed by atoms with E-state index in [9.17, 15) is 14.7 Å². The Kier molecular flexibility index (Phi) is 6.19. The molecule has 39 heavy (non-hydrogen) atoms. The average Bonchev–Trinajstić information content (AvgIpc) is 3.49. The summed E-state index contributed by atoms with van der Waals surface area (Å²) in [6.07, 6.45) is 8.61. The van der Waals surface area contributed by atoms with Crippen LogP contribution in [0.15, 0.2) is 22.0 Å². The fourth-order valence-corrected chi connectivity index (χ4v) is 11.9. The highest BCUT2D eigenvalue weighted by atomic mass is 32.1. The Hall–Kier alpha value is -1.53. The molecule has 0 spiro atoms. The molecule has 0 saturated heterocycles. The first-order chi connectivity index (χ1) is 18.2. The van der Waals surface area contributed by atoms with Gasteiger partial charge in [0.05, 0.1) is 17.2 Å². The van der Waals surface area contributed by atoms with Gasteiger partial charge in [-0.05, 0) is 108 Å². The Labute approximate surface area is 238 Å². The van der Waals surface area contributed by atoms with Gasteiger partial charge in [0, 0.05) is 11.8 Å². The van der Waals surface area contributed by atoms with Crippen molar-refractivity contribution in [3.8, 4) is 0 Å². The summed E-state index contributed by atoms with van der Waals surface area (Å²) in [7, 11) is 0. The van der Waals surface area contributed by atoms with Gasteiger partial charge in [-0.3, -0.25) is 9.59 Å². The number of carbonyl (C=O) groups is 2. The summed E-state index contributed by atoms with van der Waals surface area (Å²) < 4.78 is 0. The normalized spacial score (nSPS) is 44.9. The highest BCUT2D eigenvalue weighted by Gasteiger charge is 2.70. The SMILES string of the molecule is CC(C)C1=C2C3CCC4[C@@]5(C)CC[C@H](O)C(C)(C)C5CC[C@@]4(C)[C@]3(C)CC[C@@]2(NC(=O)c2cscn2)CC1=O. The van der Waals surface area contributed by atoms with Crippen LogP contribution in [0.5, 0.6) is 0 Å². The third kappa shape index (κ3) is 3.55. The minimum Gasteiger partial charge on any atom is -0.393 e. The molecule has 5 aliphatic carbocycles. The van der Waals surface area contributed by atoms with Crippen LogP contribution in [0.4, 0.5) is 0 Å². The summed E-state index contributed by atoms with van der Waals surface area (Å²) in [5, 5.41) is 16.2. The topological polar surface area (TPSA) is 79.3 Å². The fraction of sp³-hybridized carbons (Fsp3) is 0.788. The third-order valence-electron chi connectivity index (χ3n) is 13.4. The number of aromatic nitrogens is 1. The number of hydrogen-bond donors (Lipinski definition) is 2. The maximum Gasteiger partial charge on any atom is 0.271 e. The molecule has 8 atom stereocenters. The van der Waals surface area contributed by atoms with E-state index in [2.05, 4.69) is 58.8 Å². The number of aliphatic hydroxyl groups is 1. The number of allylic oxidation sites excluding steroid dienone is 1. The van der Waals surface area contributed by atoms with Gasteiger partial charge in [-0.15, -0.1) is 11.3 Å². The second-order valence-electron chi connectivity index (χ2n) is 15.5. The van der Waals surface area contributed by atoms with Crippen LogP contribution in [0.25, 0.3) is 0 Å². The van der Waals surface area contributed by atoms with Crippen molar-refractivity contribution in [1.82, 2.24) is 10.3 Å². The van der Waals surface area contributed by atoms with Gasteiger partial charge in [-0.1, -0.05) is 48.5 Å². The molecule has 4 fully saturated rings. The Bertz CT molecular complexity index is 1220. The van der Waals surface area contributed by atoms with Crippen LogP contribution in [0.3, 0.4) is 0 Å². The number of thiazole rings is 1. The lowest BCUT2D eigenvalue weighted by atomic mass is 9.33. The van der Waals surface area contributed by atoms with Gasteiger partial charge in [0.1, 0.15) is 5.69 Å². The Balaban J connectivity index is 1.42. The van der Waals surface area contributed by atoms with E-state index in [-0.39, 0.29) is 45.4 Å². The molecule has 1 heterocycles. The molecule has 2 N–H and O–H groups in total. The maximum absolute atomic E-state index is 13.7. The third-order valence-corrected chi connectivity index (χ3v) is 14.0. The van der Waals surface area contributed by atoms with Gasteiger partial charge in [0.2, 0.25) is 0 Å². The maximum atomic E-state index is 13.7. The van der Waals surface area contributed by atoms with Crippen LogP contribution in [0.1, 0.15) is 117 Å². The molecule has 1 aromatic rings. The molecular weight excluding hydrogens is 504 g/mol. The van der Waals surface area contributed by atoms with Gasteiger partial charge in [-0.2, -0.15) is 0 Å². The second kappa shape index (κ2) is 8.74. The van der Waals surface area contributed by atoms with Gasteiger partial charge in [0.25, 0.3) is 5.91 Å². The molecular formula is C33H48N2O3S. The molecule has 3 unspecified atom stereocenters. The lowest BCUT2D eigenvalue weighted by molar-refractivity contribution is -0.226. The molecule has 5 nitrogen and oxygen atoms in total. The molecule has 1 amide bonds. The molecule has 0 aliphatic heterocycles. The van der Waals surface area contributed by atoms with Crippen molar-refractivity contribution < 1.29 is 14.7 Å². The van der Waals surface area contributed by atoms with Crippen LogP contribution in [0, 0.1) is 45.3 Å². The van der Waals surface area contributed by atoms with E-state index in [0.29, 0.717) is 29.9 Å². The van der Waals surface area contributed by atoms with Gasteiger partial charge < -0.3 is 10.4 Å². The number of nitrogens with zero attached hydrogens (tertiary/aromatic N) is 1. The number of ketones is 1. The number of fused-ring (bicyclic) bond motifs is 7. The first-order valence-corrected chi connectivity index (χ1v) is 16.3. The summed E-state index contributed by atoms with van der Waals surface area (Å²) >= 11 is 1.43. The smallest absolute Gasteiger partial charge is 0.271 e. The molecule has 6 heteroatoms. The van der Waals surface area contributed by atoms with Gasteiger partial charge in [0.15, 0.2) is 5.78 Å². The lowest BCUT2D eigenvalue weighted by Crippen LogP contribution is -2.67. The van der Waals surface area contributed by atoms with E-state index < -0.39 is 5.54 Å². The number of hydrogen-bond acceptors (Lipinski definition) is 5. The number of nitrogens with one attached hydrogen (secondary N) is 1. The molecule has 0 radical (unpaired) electrons. The zero-order chi connectivity index (χ0) is 28.2. The quantitative estimate of drug-likeness (QED) is 0.425. The van der Waals surface area contributed by atoms with Crippen molar-refractivity contribution in [2.75, 3.05) is 0 Å². The van der Waals surface area contributed by atoms with E-state index in [1.54, 1.807) is 10.9 Å². The number of aliphatic hydroxyl groups excluding tert-OH is 1. The second-order valence-corrected chi connectivity index (χ2v) is 16.2. The zero-order valence-corrected chi connectivity index (χ0v) is 25.8. The first kappa shape index (κ1) is 27.6. The van der Waals surface area contributed by atoms with Crippen molar-refractivity contribution in [2.24, 2.45) is 45.3 Å². The number of amides is 1. The summed E-state index contributed by atoms with van der Waals surface area (Å²) in [5.74, 6) is 1.67. The molecule has 4 saturated carbocycles. The zero-order valence-electron chi connectivity index (χ0n) is 25.0. The van der Waals surface area contributed by atoms with E-state index in [1.165, 1.54) is 23.3 Å². The van der Waals surface area contributed by atoms with Crippen molar-refractivity contribution >= 4 is 23.0 Å². The summed E-state index contributed by atoms with van der Waals surface area (Å²) in [5.41, 5.74) is 4.23. The Morgan fingerprint density at radius 1 is 1.00 bits per heavy atom. The predicted molar refractivity (Wildman–Crippen MR) is 155 cm³/mol. The minimum absolute atomic E-state index is 0.0566. The molecule has 0 bridgehead atoms. The molecule has 5 aliphatic rings. The minimum atomic E-state index is -0.581. The molecule has 0 aromatic carbocycles. The van der Waals surface area contributed by atoms with E-state index in [4.69, 9.17) is 0 Å². The van der Waals surface area contributed by atoms with Crippen LogP contribution < -0.4 is 5.32 Å². The Morgan fingerprint density at radius 2 is 1.74 bits per heavy atom. The van der Waals surface area contributed by atoms with Crippen molar-refractivity contribution in [3.05, 3.63) is 27.7 Å². The van der Waals surface area contributed by atoms with Gasteiger partial charge in [-0.25, -0.2) is 4.98 Å². The first-order valence-electron chi connectivity index (χ1n) is 15.4. The predicted octanol–water partition coefficient (Wildman–Crippen LogP) is 6.97. The highest BCUT2D eigenvalue weighted by molar-refractivity contribution is 7.07. The molecule has 1 aromatic heterocycles. The monoisotopic (exact) mass is 552 g/mol. The summed E-state index contributed by atoms with van der Waals surface area (Å²) in [6, 6.07) is 0.